The zero-order valence-corrected chi connectivity index (χ0v) is 16.8. The lowest BCUT2D eigenvalue weighted by Crippen LogP contribution is -2.26. The van der Waals surface area contributed by atoms with Crippen LogP contribution in [0.2, 0.25) is 5.02 Å². The summed E-state index contributed by atoms with van der Waals surface area (Å²) in [6.45, 7) is 3.18. The molecule has 7 nitrogen and oxygen atoms in total. The van der Waals surface area contributed by atoms with Gasteiger partial charge in [0.25, 0.3) is 5.91 Å². The summed E-state index contributed by atoms with van der Waals surface area (Å²) in [5.74, 6) is 1.89. The average Bonchev–Trinajstić information content (AvgIpc) is 3.32. The van der Waals surface area contributed by atoms with E-state index in [0.717, 1.165) is 0 Å². The second-order valence-corrected chi connectivity index (χ2v) is 6.58. The SMILES string of the molecule is CCn1cc(Cl)c(CN(C)C(=O)c2ccc(COc3cccc(OC)c3)o2)n1. The standard InChI is InChI=1S/C20H22ClN3O4/c1-4-24-11-17(21)18(22-24)12-23(2)20(25)19-9-8-16(28-19)13-27-15-7-5-6-14(10-15)26-3/h5-11H,4,12-13H2,1-3H3. The fourth-order valence-corrected chi connectivity index (χ4v) is 2.82. The van der Waals surface area contributed by atoms with Gasteiger partial charge in [-0.3, -0.25) is 9.48 Å². The highest BCUT2D eigenvalue weighted by atomic mass is 35.5. The summed E-state index contributed by atoms with van der Waals surface area (Å²) < 4.78 is 18.2. The Morgan fingerprint density at radius 2 is 2.07 bits per heavy atom. The van der Waals surface area contributed by atoms with E-state index >= 15 is 0 Å². The highest BCUT2D eigenvalue weighted by Crippen LogP contribution is 2.21. The fraction of sp³-hybridized carbons (Fsp3) is 0.300. The third kappa shape index (κ3) is 4.67. The predicted octanol–water partition coefficient (Wildman–Crippen LogP) is 4.01. The number of benzene rings is 1. The second kappa shape index (κ2) is 8.84. The lowest BCUT2D eigenvalue weighted by molar-refractivity contribution is 0.0747. The number of carbonyl (C=O) groups excluding carboxylic acids is 1. The van der Waals surface area contributed by atoms with E-state index in [1.165, 1.54) is 4.90 Å². The smallest absolute Gasteiger partial charge is 0.289 e. The molecule has 0 radical (unpaired) electrons. The molecule has 1 amide bonds. The summed E-state index contributed by atoms with van der Waals surface area (Å²) in [5.41, 5.74) is 0.646. The summed E-state index contributed by atoms with van der Waals surface area (Å²) in [4.78, 5) is 14.1. The lowest BCUT2D eigenvalue weighted by Gasteiger charge is -2.14. The van der Waals surface area contributed by atoms with Crippen LogP contribution in [-0.4, -0.2) is 34.7 Å². The summed E-state index contributed by atoms with van der Waals surface area (Å²) in [7, 11) is 3.28. The summed E-state index contributed by atoms with van der Waals surface area (Å²) >= 11 is 6.17. The van der Waals surface area contributed by atoms with Crippen molar-refractivity contribution in [3.63, 3.8) is 0 Å². The molecule has 0 saturated carbocycles. The van der Waals surface area contributed by atoms with Gasteiger partial charge >= 0.3 is 0 Å². The van der Waals surface area contributed by atoms with Gasteiger partial charge in [0.1, 0.15) is 29.6 Å². The van der Waals surface area contributed by atoms with Gasteiger partial charge < -0.3 is 18.8 Å². The number of halogens is 1. The van der Waals surface area contributed by atoms with Crippen molar-refractivity contribution in [1.29, 1.82) is 0 Å². The number of aromatic nitrogens is 2. The Balaban J connectivity index is 1.60. The van der Waals surface area contributed by atoms with E-state index in [9.17, 15) is 4.79 Å². The minimum atomic E-state index is -0.255. The van der Waals surface area contributed by atoms with Gasteiger partial charge in [-0.2, -0.15) is 5.10 Å². The highest BCUT2D eigenvalue weighted by Gasteiger charge is 2.19. The molecular formula is C20H22ClN3O4. The quantitative estimate of drug-likeness (QED) is 0.568. The van der Waals surface area contributed by atoms with Crippen molar-refractivity contribution >= 4 is 17.5 Å². The number of rotatable bonds is 8. The molecule has 0 aliphatic carbocycles. The number of amides is 1. The molecule has 0 fully saturated rings. The van der Waals surface area contributed by atoms with Crippen molar-refractivity contribution < 1.29 is 18.7 Å². The highest BCUT2D eigenvalue weighted by molar-refractivity contribution is 6.31. The van der Waals surface area contributed by atoms with Gasteiger partial charge in [-0.15, -0.1) is 0 Å². The molecule has 0 bridgehead atoms. The molecule has 2 aromatic heterocycles. The van der Waals surface area contributed by atoms with Crippen LogP contribution in [0.1, 0.15) is 28.9 Å². The normalized spacial score (nSPS) is 10.7. The van der Waals surface area contributed by atoms with E-state index in [1.807, 2.05) is 25.1 Å². The van der Waals surface area contributed by atoms with E-state index in [1.54, 1.807) is 43.2 Å². The third-order valence-corrected chi connectivity index (χ3v) is 4.46. The Morgan fingerprint density at radius 1 is 1.29 bits per heavy atom. The van der Waals surface area contributed by atoms with Crippen molar-refractivity contribution in [1.82, 2.24) is 14.7 Å². The van der Waals surface area contributed by atoms with Crippen molar-refractivity contribution in [2.24, 2.45) is 0 Å². The number of aryl methyl sites for hydroxylation is 1. The number of furan rings is 1. The minimum Gasteiger partial charge on any atom is -0.497 e. The van der Waals surface area contributed by atoms with Crippen LogP contribution in [0.5, 0.6) is 11.5 Å². The van der Waals surface area contributed by atoms with Gasteiger partial charge in [0.05, 0.1) is 18.7 Å². The molecule has 0 unspecified atom stereocenters. The fourth-order valence-electron chi connectivity index (χ4n) is 2.61. The second-order valence-electron chi connectivity index (χ2n) is 6.17. The van der Waals surface area contributed by atoms with E-state index in [4.69, 9.17) is 25.5 Å². The summed E-state index contributed by atoms with van der Waals surface area (Å²) in [5, 5.41) is 4.89. The zero-order chi connectivity index (χ0) is 20.1. The average molecular weight is 404 g/mol. The topological polar surface area (TPSA) is 69.7 Å². The number of hydrogen-bond acceptors (Lipinski definition) is 5. The van der Waals surface area contributed by atoms with Gasteiger partial charge in [0.2, 0.25) is 0 Å². The number of methoxy groups -OCH3 is 1. The van der Waals surface area contributed by atoms with Crippen LogP contribution >= 0.6 is 11.6 Å². The largest absolute Gasteiger partial charge is 0.497 e. The molecule has 0 atom stereocenters. The maximum Gasteiger partial charge on any atom is 0.289 e. The molecule has 28 heavy (non-hydrogen) atoms. The molecule has 8 heteroatoms. The van der Waals surface area contributed by atoms with Crippen molar-refractivity contribution in [3.8, 4) is 11.5 Å². The first-order chi connectivity index (χ1) is 13.5. The molecule has 148 valence electrons. The summed E-state index contributed by atoms with van der Waals surface area (Å²) in [6.07, 6.45) is 1.75. The van der Waals surface area contributed by atoms with Crippen LogP contribution in [0.15, 0.2) is 47.0 Å². The molecule has 0 N–H and O–H groups in total. The van der Waals surface area contributed by atoms with E-state index < -0.39 is 0 Å². The van der Waals surface area contributed by atoms with Gasteiger partial charge in [-0.05, 0) is 31.2 Å². The van der Waals surface area contributed by atoms with Crippen molar-refractivity contribution in [2.75, 3.05) is 14.2 Å². The third-order valence-electron chi connectivity index (χ3n) is 4.14. The number of nitrogens with zero attached hydrogens (tertiary/aromatic N) is 3. The first-order valence-corrected chi connectivity index (χ1v) is 9.20. The van der Waals surface area contributed by atoms with Gasteiger partial charge in [-0.1, -0.05) is 17.7 Å². The van der Waals surface area contributed by atoms with E-state index in [0.29, 0.717) is 41.1 Å². The van der Waals surface area contributed by atoms with Gasteiger partial charge in [0, 0.05) is 25.9 Å². The maximum atomic E-state index is 12.6. The van der Waals surface area contributed by atoms with Crippen LogP contribution in [0, 0.1) is 0 Å². The molecule has 0 spiro atoms. The molecular weight excluding hydrogens is 382 g/mol. The Labute approximate surface area is 168 Å². The van der Waals surface area contributed by atoms with Gasteiger partial charge in [0.15, 0.2) is 5.76 Å². The molecule has 1 aromatic carbocycles. The molecule has 0 aliphatic rings. The van der Waals surface area contributed by atoms with Crippen LogP contribution in [0.3, 0.4) is 0 Å². The Bertz CT molecular complexity index is 951. The monoisotopic (exact) mass is 403 g/mol. The predicted molar refractivity (Wildman–Crippen MR) is 105 cm³/mol. The van der Waals surface area contributed by atoms with Crippen molar-refractivity contribution in [2.45, 2.75) is 26.6 Å². The molecule has 3 aromatic rings. The number of ether oxygens (including phenoxy) is 2. The number of carbonyl (C=O) groups is 1. The van der Waals surface area contributed by atoms with Crippen LogP contribution < -0.4 is 9.47 Å². The molecule has 0 saturated heterocycles. The van der Waals surface area contributed by atoms with Crippen LogP contribution in [-0.2, 0) is 19.7 Å². The Hall–Kier alpha value is -2.93. The number of hydrogen-bond donors (Lipinski definition) is 0. The molecule has 2 heterocycles. The first-order valence-electron chi connectivity index (χ1n) is 8.83. The van der Waals surface area contributed by atoms with Crippen LogP contribution in [0.4, 0.5) is 0 Å². The van der Waals surface area contributed by atoms with Gasteiger partial charge in [-0.25, -0.2) is 0 Å². The van der Waals surface area contributed by atoms with E-state index in [2.05, 4.69) is 5.10 Å². The van der Waals surface area contributed by atoms with Crippen molar-refractivity contribution in [3.05, 3.63) is 64.8 Å². The first kappa shape index (κ1) is 19.8. The molecule has 0 aliphatic heterocycles. The minimum absolute atomic E-state index is 0.205. The van der Waals surface area contributed by atoms with E-state index in [-0.39, 0.29) is 18.3 Å². The zero-order valence-electron chi connectivity index (χ0n) is 16.0. The Kier molecular flexibility index (Phi) is 6.26. The summed E-state index contributed by atoms with van der Waals surface area (Å²) in [6, 6.07) is 10.6. The molecule has 3 rings (SSSR count). The Morgan fingerprint density at radius 3 is 2.79 bits per heavy atom. The lowest BCUT2D eigenvalue weighted by atomic mass is 10.3. The van der Waals surface area contributed by atoms with Crippen LogP contribution in [0.25, 0.3) is 0 Å². The maximum absolute atomic E-state index is 12.6.